The summed E-state index contributed by atoms with van der Waals surface area (Å²) < 4.78 is 8.47. The molecule has 2 aromatic carbocycles. The average molecular weight is 483 g/mol. The standard InChI is InChI=1S/C20H14IN5O2/c21-15-4-2-14(3-5-15)20(27)25-16-6-8-17(9-7-16)28-19-12-18(22-13-23-19)26-11-1-10-24-26/h1-13H,(H,25,27). The number of hydrogen-bond donors (Lipinski definition) is 1. The van der Waals surface area contributed by atoms with Crippen molar-refractivity contribution in [2.24, 2.45) is 0 Å². The molecule has 7 nitrogen and oxygen atoms in total. The molecule has 1 amide bonds. The van der Waals surface area contributed by atoms with Gasteiger partial charge in [0.05, 0.1) is 0 Å². The van der Waals surface area contributed by atoms with Crippen LogP contribution < -0.4 is 10.1 Å². The normalized spacial score (nSPS) is 10.5. The largest absolute Gasteiger partial charge is 0.439 e. The van der Waals surface area contributed by atoms with Crippen molar-refractivity contribution in [2.45, 2.75) is 0 Å². The van der Waals surface area contributed by atoms with Crippen LogP contribution >= 0.6 is 22.6 Å². The van der Waals surface area contributed by atoms with Crippen LogP contribution in [0.25, 0.3) is 5.82 Å². The molecular formula is C20H14IN5O2. The van der Waals surface area contributed by atoms with Crippen LogP contribution in [-0.4, -0.2) is 25.7 Å². The van der Waals surface area contributed by atoms with Crippen LogP contribution in [0, 0.1) is 3.57 Å². The van der Waals surface area contributed by atoms with E-state index >= 15 is 0 Å². The molecule has 2 heterocycles. The number of carbonyl (C=O) groups is 1. The lowest BCUT2D eigenvalue weighted by Gasteiger charge is -2.08. The van der Waals surface area contributed by atoms with Crippen LogP contribution in [0.4, 0.5) is 5.69 Å². The summed E-state index contributed by atoms with van der Waals surface area (Å²) in [6.07, 6.45) is 4.88. The van der Waals surface area contributed by atoms with Crippen LogP contribution in [0.15, 0.2) is 79.4 Å². The molecule has 0 saturated carbocycles. The Balaban J connectivity index is 1.43. The third-order valence-corrected chi connectivity index (χ3v) is 4.53. The summed E-state index contributed by atoms with van der Waals surface area (Å²) in [5, 5.41) is 7.00. The van der Waals surface area contributed by atoms with E-state index in [-0.39, 0.29) is 5.91 Å². The van der Waals surface area contributed by atoms with E-state index in [0.717, 1.165) is 3.57 Å². The Morgan fingerprint density at radius 3 is 2.54 bits per heavy atom. The van der Waals surface area contributed by atoms with Crippen molar-refractivity contribution in [3.8, 4) is 17.4 Å². The number of hydrogen-bond acceptors (Lipinski definition) is 5. The van der Waals surface area contributed by atoms with Crippen molar-refractivity contribution in [3.63, 3.8) is 0 Å². The van der Waals surface area contributed by atoms with Gasteiger partial charge in [-0.2, -0.15) is 5.10 Å². The first-order chi connectivity index (χ1) is 13.7. The summed E-state index contributed by atoms with van der Waals surface area (Å²) >= 11 is 2.20. The predicted octanol–water partition coefficient (Wildman–Crippen LogP) is 4.31. The van der Waals surface area contributed by atoms with Gasteiger partial charge in [-0.15, -0.1) is 0 Å². The molecule has 2 aromatic heterocycles. The minimum atomic E-state index is -0.162. The molecule has 138 valence electrons. The molecule has 0 aliphatic carbocycles. The van der Waals surface area contributed by atoms with Gasteiger partial charge in [0, 0.05) is 33.3 Å². The Hall–Kier alpha value is -3.27. The summed E-state index contributed by atoms with van der Waals surface area (Å²) in [6, 6.07) is 18.0. The summed E-state index contributed by atoms with van der Waals surface area (Å²) in [4.78, 5) is 20.6. The van der Waals surface area contributed by atoms with Crippen LogP contribution in [0.5, 0.6) is 11.6 Å². The second-order valence-corrected chi connectivity index (χ2v) is 7.00. The number of aromatic nitrogens is 4. The van der Waals surface area contributed by atoms with Crippen LogP contribution in [0.2, 0.25) is 0 Å². The quantitative estimate of drug-likeness (QED) is 0.428. The van der Waals surface area contributed by atoms with E-state index in [9.17, 15) is 4.79 Å². The summed E-state index contributed by atoms with van der Waals surface area (Å²) in [6.45, 7) is 0. The fourth-order valence-electron chi connectivity index (χ4n) is 2.45. The summed E-state index contributed by atoms with van der Waals surface area (Å²) in [7, 11) is 0. The van der Waals surface area contributed by atoms with Crippen molar-refractivity contribution in [1.82, 2.24) is 19.7 Å². The molecule has 0 aliphatic heterocycles. The van der Waals surface area contributed by atoms with E-state index in [1.165, 1.54) is 6.33 Å². The Morgan fingerprint density at radius 2 is 1.82 bits per heavy atom. The Bertz CT molecular complexity index is 1080. The molecule has 0 saturated heterocycles. The number of nitrogens with zero attached hydrogens (tertiary/aromatic N) is 4. The number of nitrogens with one attached hydrogen (secondary N) is 1. The van der Waals surface area contributed by atoms with Crippen LogP contribution in [-0.2, 0) is 0 Å². The molecule has 0 aliphatic rings. The van der Waals surface area contributed by atoms with Gasteiger partial charge in [0.15, 0.2) is 5.82 Å². The lowest BCUT2D eigenvalue weighted by Crippen LogP contribution is -2.11. The van der Waals surface area contributed by atoms with E-state index in [4.69, 9.17) is 4.74 Å². The second-order valence-electron chi connectivity index (χ2n) is 5.75. The van der Waals surface area contributed by atoms with E-state index in [1.807, 2.05) is 18.2 Å². The number of carbonyl (C=O) groups excluding carboxylic acids is 1. The lowest BCUT2D eigenvalue weighted by atomic mass is 10.2. The van der Waals surface area contributed by atoms with Crippen molar-refractivity contribution in [3.05, 3.63) is 88.5 Å². The third-order valence-electron chi connectivity index (χ3n) is 3.81. The first kappa shape index (κ1) is 18.1. The number of anilines is 1. The topological polar surface area (TPSA) is 81.9 Å². The molecule has 0 atom stereocenters. The van der Waals surface area contributed by atoms with Gasteiger partial charge in [0.25, 0.3) is 5.91 Å². The minimum absolute atomic E-state index is 0.162. The number of benzene rings is 2. The predicted molar refractivity (Wildman–Crippen MR) is 113 cm³/mol. The van der Waals surface area contributed by atoms with E-state index in [0.29, 0.717) is 28.7 Å². The van der Waals surface area contributed by atoms with E-state index in [2.05, 4.69) is 43.0 Å². The average Bonchev–Trinajstić information content (AvgIpc) is 3.25. The highest BCUT2D eigenvalue weighted by Gasteiger charge is 2.07. The zero-order chi connectivity index (χ0) is 19.3. The van der Waals surface area contributed by atoms with Gasteiger partial charge in [-0.25, -0.2) is 14.6 Å². The van der Waals surface area contributed by atoms with E-state index < -0.39 is 0 Å². The highest BCUT2D eigenvalue weighted by Crippen LogP contribution is 2.22. The van der Waals surface area contributed by atoms with Crippen molar-refractivity contribution < 1.29 is 9.53 Å². The first-order valence-electron chi connectivity index (χ1n) is 8.34. The number of halogens is 1. The van der Waals surface area contributed by atoms with Gasteiger partial charge in [0.2, 0.25) is 5.88 Å². The zero-order valence-corrected chi connectivity index (χ0v) is 16.6. The van der Waals surface area contributed by atoms with Crippen molar-refractivity contribution in [1.29, 1.82) is 0 Å². The fourth-order valence-corrected chi connectivity index (χ4v) is 2.81. The smallest absolute Gasteiger partial charge is 0.255 e. The molecule has 0 unspecified atom stereocenters. The van der Waals surface area contributed by atoms with Gasteiger partial charge in [-0.1, -0.05) is 0 Å². The Labute approximate surface area is 174 Å². The molecule has 4 rings (SSSR count). The number of rotatable bonds is 5. The van der Waals surface area contributed by atoms with Gasteiger partial charge in [0.1, 0.15) is 12.1 Å². The van der Waals surface area contributed by atoms with Gasteiger partial charge >= 0.3 is 0 Å². The maximum Gasteiger partial charge on any atom is 0.255 e. The monoisotopic (exact) mass is 483 g/mol. The van der Waals surface area contributed by atoms with Crippen LogP contribution in [0.3, 0.4) is 0 Å². The van der Waals surface area contributed by atoms with E-state index in [1.54, 1.807) is 59.5 Å². The summed E-state index contributed by atoms with van der Waals surface area (Å²) in [5.41, 5.74) is 1.28. The van der Waals surface area contributed by atoms with Gasteiger partial charge < -0.3 is 10.1 Å². The molecule has 0 bridgehead atoms. The highest BCUT2D eigenvalue weighted by molar-refractivity contribution is 14.1. The Kier molecular flexibility index (Phi) is 5.29. The summed E-state index contributed by atoms with van der Waals surface area (Å²) in [5.74, 6) is 1.44. The minimum Gasteiger partial charge on any atom is -0.439 e. The maximum atomic E-state index is 12.3. The maximum absolute atomic E-state index is 12.3. The molecule has 28 heavy (non-hydrogen) atoms. The van der Waals surface area contributed by atoms with Crippen molar-refractivity contribution in [2.75, 3.05) is 5.32 Å². The molecular weight excluding hydrogens is 469 g/mol. The molecule has 0 fully saturated rings. The van der Waals surface area contributed by atoms with Gasteiger partial charge in [-0.3, -0.25) is 4.79 Å². The molecule has 8 heteroatoms. The van der Waals surface area contributed by atoms with Crippen molar-refractivity contribution >= 4 is 34.2 Å². The molecule has 0 radical (unpaired) electrons. The highest BCUT2D eigenvalue weighted by atomic mass is 127. The van der Waals surface area contributed by atoms with Gasteiger partial charge in [-0.05, 0) is 77.2 Å². The fraction of sp³-hybridized carbons (Fsp3) is 0. The molecule has 1 N–H and O–H groups in total. The number of ether oxygens (including phenoxy) is 1. The third kappa shape index (κ3) is 4.34. The number of amides is 1. The molecule has 4 aromatic rings. The Morgan fingerprint density at radius 1 is 1.04 bits per heavy atom. The molecule has 0 spiro atoms. The SMILES string of the molecule is O=C(Nc1ccc(Oc2cc(-n3cccn3)ncn2)cc1)c1ccc(I)cc1. The zero-order valence-electron chi connectivity index (χ0n) is 14.5. The lowest BCUT2D eigenvalue weighted by molar-refractivity contribution is 0.102. The first-order valence-corrected chi connectivity index (χ1v) is 9.42. The van der Waals surface area contributed by atoms with Crippen LogP contribution in [0.1, 0.15) is 10.4 Å². The second kappa shape index (κ2) is 8.17.